The standard InChI is InChI=1S/C89H164NO8P/c1-6-8-10-12-14-16-18-20-22-24-26-28-30-32-34-36-38-40-42-43-44-45-46-47-48-50-52-54-56-58-60-62-64-66-68-70-72-74-76-78-80-82-89(92)98-87(86-97-99(93,94)96-84-83-90(3,4)5)85-95-88(91)81-79-77-75-73-71-69-67-65-63-61-59-57-55-53-51-49-41-39-37-35-33-31-29-27-25-23-21-19-17-15-13-11-9-7-2/h8,10,14,16,20,22,26,28,32,34,38,40,43-44,87H,6-7,9,11-13,15,17-19,21,23-25,27,29-31,33,35-37,39,41-42,45-86H2,1-5H3/p+1/b10-8-,16-14-,22-20-,28-26-,34-32-,40-38-,44-43-. The van der Waals surface area contributed by atoms with Gasteiger partial charge in [0.15, 0.2) is 6.10 Å². The van der Waals surface area contributed by atoms with Crippen LogP contribution in [0.4, 0.5) is 0 Å². The predicted octanol–water partition coefficient (Wildman–Crippen LogP) is 28.8. The van der Waals surface area contributed by atoms with Gasteiger partial charge < -0.3 is 18.9 Å². The highest BCUT2D eigenvalue weighted by Gasteiger charge is 2.27. The van der Waals surface area contributed by atoms with E-state index in [0.29, 0.717) is 23.9 Å². The second kappa shape index (κ2) is 79.3. The molecule has 0 heterocycles. The van der Waals surface area contributed by atoms with Gasteiger partial charge in [-0.05, 0) is 70.6 Å². The van der Waals surface area contributed by atoms with Gasteiger partial charge in [-0.2, -0.15) is 0 Å². The molecule has 1 N–H and O–H groups in total. The summed E-state index contributed by atoms with van der Waals surface area (Å²) in [6.07, 6.45) is 110. The van der Waals surface area contributed by atoms with E-state index in [0.717, 1.165) is 77.0 Å². The van der Waals surface area contributed by atoms with E-state index in [1.54, 1.807) is 0 Å². The third-order valence-corrected chi connectivity index (χ3v) is 20.2. The normalized spacial score (nSPS) is 13.4. The number of unbranched alkanes of at least 4 members (excludes halogenated alkanes) is 52. The molecular weight excluding hydrogens is 1240 g/mol. The Morgan fingerprint density at radius 2 is 0.576 bits per heavy atom. The van der Waals surface area contributed by atoms with Gasteiger partial charge in [0.2, 0.25) is 0 Å². The molecule has 0 aromatic rings. The van der Waals surface area contributed by atoms with Crippen LogP contribution in [0.1, 0.15) is 418 Å². The van der Waals surface area contributed by atoms with Crippen LogP contribution < -0.4 is 0 Å². The van der Waals surface area contributed by atoms with Crippen molar-refractivity contribution < 1.29 is 42.1 Å². The number of phosphoric acid groups is 1. The van der Waals surface area contributed by atoms with Crippen molar-refractivity contribution in [2.45, 2.75) is 424 Å². The fourth-order valence-corrected chi connectivity index (χ4v) is 13.5. The first kappa shape index (κ1) is 96.2. The number of ether oxygens (including phenoxy) is 2. The molecular formula is C89H165NO8P+. The van der Waals surface area contributed by atoms with Gasteiger partial charge in [0.1, 0.15) is 19.8 Å². The molecule has 0 aliphatic carbocycles. The highest BCUT2D eigenvalue weighted by atomic mass is 31.2. The maximum atomic E-state index is 12.9. The fourth-order valence-electron chi connectivity index (χ4n) is 12.7. The molecule has 0 saturated heterocycles. The lowest BCUT2D eigenvalue weighted by atomic mass is 10.0. The minimum absolute atomic E-state index is 0.0331. The lowest BCUT2D eigenvalue weighted by Crippen LogP contribution is -2.37. The Balaban J connectivity index is 3.90. The Bertz CT molecular complexity index is 1950. The molecule has 9 nitrogen and oxygen atoms in total. The molecule has 2 unspecified atom stereocenters. The van der Waals surface area contributed by atoms with Crippen molar-refractivity contribution in [1.29, 1.82) is 0 Å². The van der Waals surface area contributed by atoms with E-state index in [9.17, 15) is 19.0 Å². The maximum absolute atomic E-state index is 12.9. The van der Waals surface area contributed by atoms with Crippen LogP contribution in [0.5, 0.6) is 0 Å². The molecule has 0 aliphatic rings. The molecule has 0 aromatic carbocycles. The number of hydrogen-bond donors (Lipinski definition) is 1. The summed E-state index contributed by atoms with van der Waals surface area (Å²) in [5.74, 6) is -0.775. The van der Waals surface area contributed by atoms with Gasteiger partial charge in [-0.3, -0.25) is 18.6 Å². The lowest BCUT2D eigenvalue weighted by Gasteiger charge is -2.24. The van der Waals surface area contributed by atoms with E-state index < -0.39 is 26.5 Å². The van der Waals surface area contributed by atoms with Crippen molar-refractivity contribution in [3.05, 3.63) is 85.1 Å². The number of likely N-dealkylation sites (N-methyl/N-ethyl adjacent to an activating group) is 1. The van der Waals surface area contributed by atoms with E-state index in [-0.39, 0.29) is 25.6 Å². The number of esters is 2. The van der Waals surface area contributed by atoms with Crippen LogP contribution in [-0.4, -0.2) is 74.9 Å². The van der Waals surface area contributed by atoms with Gasteiger partial charge in [0.05, 0.1) is 27.7 Å². The number of carbonyl (C=O) groups is 2. The third kappa shape index (κ3) is 84.0. The molecule has 10 heteroatoms. The largest absolute Gasteiger partial charge is 0.472 e. The lowest BCUT2D eigenvalue weighted by molar-refractivity contribution is -0.870. The summed E-state index contributed by atoms with van der Waals surface area (Å²) >= 11 is 0. The van der Waals surface area contributed by atoms with Crippen LogP contribution in [0.2, 0.25) is 0 Å². The minimum Gasteiger partial charge on any atom is -0.462 e. The highest BCUT2D eigenvalue weighted by Crippen LogP contribution is 2.43. The van der Waals surface area contributed by atoms with E-state index in [2.05, 4.69) is 98.9 Å². The van der Waals surface area contributed by atoms with E-state index >= 15 is 0 Å². The molecule has 0 fully saturated rings. The zero-order valence-corrected chi connectivity index (χ0v) is 67.1. The van der Waals surface area contributed by atoms with E-state index in [1.807, 2.05) is 21.1 Å². The van der Waals surface area contributed by atoms with Crippen molar-refractivity contribution in [2.75, 3.05) is 47.5 Å². The first-order chi connectivity index (χ1) is 48.5. The fraction of sp³-hybridized carbons (Fsp3) is 0.820. The Labute approximate surface area is 615 Å². The summed E-state index contributed by atoms with van der Waals surface area (Å²) in [6.45, 7) is 4.39. The summed E-state index contributed by atoms with van der Waals surface area (Å²) < 4.78 is 34.9. The maximum Gasteiger partial charge on any atom is 0.472 e. The topological polar surface area (TPSA) is 108 Å². The summed E-state index contributed by atoms with van der Waals surface area (Å²) in [6, 6.07) is 0. The average molecular weight is 1410 g/mol. The number of hydrogen-bond acceptors (Lipinski definition) is 7. The number of nitrogens with zero attached hydrogens (tertiary/aromatic N) is 1. The van der Waals surface area contributed by atoms with Crippen molar-refractivity contribution in [2.24, 2.45) is 0 Å². The van der Waals surface area contributed by atoms with Gasteiger partial charge in [-0.1, -0.05) is 420 Å². The number of quaternary nitrogens is 1. The van der Waals surface area contributed by atoms with Crippen LogP contribution in [0.25, 0.3) is 0 Å². The molecule has 99 heavy (non-hydrogen) atoms. The molecule has 0 amide bonds. The number of allylic oxidation sites excluding steroid dienone is 14. The van der Waals surface area contributed by atoms with Crippen molar-refractivity contribution in [3.63, 3.8) is 0 Å². The third-order valence-electron chi connectivity index (χ3n) is 19.2. The summed E-state index contributed by atoms with van der Waals surface area (Å²) in [5, 5.41) is 0. The Morgan fingerprint density at radius 1 is 0.323 bits per heavy atom. The van der Waals surface area contributed by atoms with Crippen molar-refractivity contribution >= 4 is 19.8 Å². The molecule has 0 aliphatic heterocycles. The number of carbonyl (C=O) groups excluding carboxylic acids is 2. The SMILES string of the molecule is CC/C=C\C/C=C\C/C=C\C/C=C\C/C=C\C/C=C\C/C=C\CCCCCCCCCCCCCCCCCCCCCC(=O)OC(COC(=O)CCCCCCCCCCCCCCCCCCCCCCCCCCCCCCCCCCCC)COP(=O)(O)OCC[N+](C)(C)C. The van der Waals surface area contributed by atoms with Crippen molar-refractivity contribution in [1.82, 2.24) is 0 Å². The average Bonchev–Trinajstić information content (AvgIpc) is 0.987. The zero-order chi connectivity index (χ0) is 71.8. The number of rotatable bonds is 80. The van der Waals surface area contributed by atoms with Crippen LogP contribution in [0.15, 0.2) is 85.1 Å². The van der Waals surface area contributed by atoms with Crippen LogP contribution >= 0.6 is 7.82 Å². The smallest absolute Gasteiger partial charge is 0.462 e. The quantitative estimate of drug-likeness (QED) is 0.0211. The number of phosphoric ester groups is 1. The van der Waals surface area contributed by atoms with Gasteiger partial charge in [-0.25, -0.2) is 4.57 Å². The van der Waals surface area contributed by atoms with Gasteiger partial charge in [-0.15, -0.1) is 0 Å². The van der Waals surface area contributed by atoms with Crippen molar-refractivity contribution in [3.8, 4) is 0 Å². The molecule has 0 aromatic heterocycles. The Hall–Kier alpha value is -2.81. The highest BCUT2D eigenvalue weighted by molar-refractivity contribution is 7.47. The summed E-state index contributed by atoms with van der Waals surface area (Å²) in [5.41, 5.74) is 0. The molecule has 578 valence electrons. The first-order valence-corrected chi connectivity index (χ1v) is 44.3. The van der Waals surface area contributed by atoms with E-state index in [4.69, 9.17) is 18.5 Å². The molecule has 0 rings (SSSR count). The molecule has 0 saturated carbocycles. The second-order valence-electron chi connectivity index (χ2n) is 30.2. The summed E-state index contributed by atoms with van der Waals surface area (Å²) in [4.78, 5) is 36.0. The molecule has 0 radical (unpaired) electrons. The second-order valence-corrected chi connectivity index (χ2v) is 31.7. The molecule has 0 bridgehead atoms. The van der Waals surface area contributed by atoms with Gasteiger partial charge >= 0.3 is 19.8 Å². The van der Waals surface area contributed by atoms with Crippen LogP contribution in [-0.2, 0) is 32.7 Å². The van der Waals surface area contributed by atoms with E-state index in [1.165, 1.54) is 308 Å². The first-order valence-electron chi connectivity index (χ1n) is 42.8. The van der Waals surface area contributed by atoms with Crippen LogP contribution in [0.3, 0.4) is 0 Å². The van der Waals surface area contributed by atoms with Gasteiger partial charge in [0, 0.05) is 12.8 Å². The van der Waals surface area contributed by atoms with Crippen LogP contribution in [0, 0.1) is 0 Å². The Morgan fingerprint density at radius 3 is 0.859 bits per heavy atom. The summed E-state index contributed by atoms with van der Waals surface area (Å²) in [7, 11) is 1.50. The zero-order valence-electron chi connectivity index (χ0n) is 66.2. The monoisotopic (exact) mass is 1410 g/mol. The Kier molecular flexibility index (Phi) is 77.1. The van der Waals surface area contributed by atoms with Gasteiger partial charge in [0.25, 0.3) is 0 Å². The molecule has 2 atom stereocenters. The molecule has 0 spiro atoms. The minimum atomic E-state index is -4.40. The predicted molar refractivity (Wildman–Crippen MR) is 432 cm³/mol.